The van der Waals surface area contributed by atoms with E-state index < -0.39 is 0 Å². The van der Waals surface area contributed by atoms with Crippen molar-refractivity contribution in [1.82, 2.24) is 9.80 Å². The fourth-order valence-electron chi connectivity index (χ4n) is 4.51. The van der Waals surface area contributed by atoms with Crippen LogP contribution in [0.3, 0.4) is 0 Å². The number of carbonyl (C=O) groups excluding carboxylic acids is 1. The summed E-state index contributed by atoms with van der Waals surface area (Å²) in [5, 5.41) is 0. The van der Waals surface area contributed by atoms with Gasteiger partial charge >= 0.3 is 0 Å². The van der Waals surface area contributed by atoms with Crippen molar-refractivity contribution in [2.75, 3.05) is 51.8 Å². The Labute approximate surface area is 175 Å². The van der Waals surface area contributed by atoms with Crippen LogP contribution < -0.4 is 4.74 Å². The first-order valence-corrected chi connectivity index (χ1v) is 11.8. The molecule has 0 N–H and O–H groups in total. The van der Waals surface area contributed by atoms with Crippen LogP contribution in [0.5, 0.6) is 5.75 Å². The molecule has 1 aliphatic carbocycles. The molecule has 0 unspecified atom stereocenters. The van der Waals surface area contributed by atoms with Crippen LogP contribution in [0.25, 0.3) is 0 Å². The van der Waals surface area contributed by atoms with Gasteiger partial charge in [-0.3, -0.25) is 4.79 Å². The van der Waals surface area contributed by atoms with Gasteiger partial charge in [0, 0.05) is 37.1 Å². The highest BCUT2D eigenvalue weighted by Gasteiger charge is 2.32. The van der Waals surface area contributed by atoms with Gasteiger partial charge in [0.25, 0.3) is 0 Å². The van der Waals surface area contributed by atoms with Crippen molar-refractivity contribution in [3.05, 3.63) is 28.3 Å². The predicted molar refractivity (Wildman–Crippen MR) is 119 cm³/mol. The molecule has 5 heteroatoms. The number of ether oxygens (including phenoxy) is 1. The molecular weight excluding hydrogens is 368 g/mol. The number of hydrogen-bond donors (Lipinski definition) is 0. The van der Waals surface area contributed by atoms with Crippen LogP contribution in [-0.2, 0) is 17.6 Å². The molecule has 1 fully saturated rings. The first-order chi connectivity index (χ1) is 13.4. The summed E-state index contributed by atoms with van der Waals surface area (Å²) in [4.78, 5) is 17.3. The number of nitrogens with zero attached hydrogens (tertiary/aromatic N) is 2. The lowest BCUT2D eigenvalue weighted by Gasteiger charge is -2.35. The van der Waals surface area contributed by atoms with Crippen LogP contribution in [0, 0.1) is 25.7 Å². The van der Waals surface area contributed by atoms with Crippen molar-refractivity contribution in [1.29, 1.82) is 0 Å². The highest BCUT2D eigenvalue weighted by Crippen LogP contribution is 2.38. The Hall–Kier alpha value is -1.20. The molecule has 1 aromatic rings. The third-order valence-corrected chi connectivity index (χ3v) is 7.40. The predicted octanol–water partition coefficient (Wildman–Crippen LogP) is 3.56. The summed E-state index contributed by atoms with van der Waals surface area (Å²) in [6.07, 6.45) is 3.20. The largest absolute Gasteiger partial charge is 0.492 e. The highest BCUT2D eigenvalue weighted by molar-refractivity contribution is 7.99. The number of rotatable bonds is 6. The van der Waals surface area contributed by atoms with Gasteiger partial charge in [0.2, 0.25) is 5.91 Å². The molecule has 156 valence electrons. The summed E-state index contributed by atoms with van der Waals surface area (Å²) < 4.78 is 6.11. The van der Waals surface area contributed by atoms with Crippen molar-refractivity contribution >= 4 is 17.7 Å². The van der Waals surface area contributed by atoms with Gasteiger partial charge in [0.15, 0.2) is 0 Å². The highest BCUT2D eigenvalue weighted by atomic mass is 32.2. The molecule has 0 bridgehead atoms. The van der Waals surface area contributed by atoms with Gasteiger partial charge < -0.3 is 14.5 Å². The summed E-state index contributed by atoms with van der Waals surface area (Å²) in [6.45, 7) is 10.0. The van der Waals surface area contributed by atoms with E-state index in [0.29, 0.717) is 18.4 Å². The minimum absolute atomic E-state index is 0.106. The monoisotopic (exact) mass is 404 g/mol. The third-order valence-electron chi connectivity index (χ3n) is 6.46. The maximum absolute atomic E-state index is 13.0. The molecule has 0 aromatic heterocycles. The smallest absolute Gasteiger partial charge is 0.225 e. The van der Waals surface area contributed by atoms with E-state index in [-0.39, 0.29) is 5.92 Å². The quantitative estimate of drug-likeness (QED) is 0.726. The minimum Gasteiger partial charge on any atom is -0.492 e. The zero-order valence-corrected chi connectivity index (χ0v) is 19.0. The average molecular weight is 405 g/mol. The molecule has 0 saturated carbocycles. The van der Waals surface area contributed by atoms with Gasteiger partial charge in [-0.1, -0.05) is 6.92 Å². The molecule has 3 rings (SSSR count). The third kappa shape index (κ3) is 4.85. The fraction of sp³-hybridized carbons (Fsp3) is 0.696. The molecule has 1 aliphatic heterocycles. The molecule has 1 heterocycles. The van der Waals surface area contributed by atoms with Crippen molar-refractivity contribution < 1.29 is 9.53 Å². The van der Waals surface area contributed by atoms with E-state index in [1.165, 1.54) is 22.3 Å². The zero-order valence-electron chi connectivity index (χ0n) is 18.2. The van der Waals surface area contributed by atoms with Gasteiger partial charge in [-0.25, -0.2) is 0 Å². The number of aryl methyl sites for hydroxylation is 1. The van der Waals surface area contributed by atoms with Crippen LogP contribution in [0.1, 0.15) is 35.6 Å². The average Bonchev–Trinajstić information content (AvgIpc) is 2.70. The van der Waals surface area contributed by atoms with Gasteiger partial charge in [-0.15, -0.1) is 0 Å². The number of hydrogen-bond acceptors (Lipinski definition) is 4. The second kappa shape index (κ2) is 9.53. The van der Waals surface area contributed by atoms with E-state index in [4.69, 9.17) is 4.74 Å². The zero-order chi connectivity index (χ0) is 20.3. The van der Waals surface area contributed by atoms with E-state index in [2.05, 4.69) is 50.7 Å². The van der Waals surface area contributed by atoms with Gasteiger partial charge in [0.1, 0.15) is 12.4 Å². The molecule has 1 amide bonds. The van der Waals surface area contributed by atoms with Crippen LogP contribution in [0.2, 0.25) is 0 Å². The van der Waals surface area contributed by atoms with Gasteiger partial charge in [0.05, 0.1) is 0 Å². The normalized spacial score (nSPS) is 20.8. The molecule has 0 spiro atoms. The lowest BCUT2D eigenvalue weighted by molar-refractivity contribution is -0.136. The van der Waals surface area contributed by atoms with Crippen LogP contribution in [0.4, 0.5) is 0 Å². The molecule has 28 heavy (non-hydrogen) atoms. The standard InChI is InChI=1S/C23H36N2O2S/c1-16-14-22(27-11-8-24(4)5)18(3)21-15-19(6-7-20(16)21)17(2)23(26)25-9-12-28-13-10-25/h14,17,19H,6-13,15H2,1-5H3/t17-,19+/m0/s1. The summed E-state index contributed by atoms with van der Waals surface area (Å²) in [5.74, 6) is 4.08. The Bertz CT molecular complexity index is 698. The SMILES string of the molecule is Cc1cc(OCCN(C)C)c(C)c2c1CC[C@@H]([C@H](C)C(=O)N1CCSCC1)C2. The molecule has 2 atom stereocenters. The molecular formula is C23H36N2O2S. The fourth-order valence-corrected chi connectivity index (χ4v) is 5.41. The minimum atomic E-state index is 0.106. The Morgan fingerprint density at radius 1 is 1.29 bits per heavy atom. The van der Waals surface area contributed by atoms with E-state index >= 15 is 0 Å². The lowest BCUT2D eigenvalue weighted by Crippen LogP contribution is -2.43. The number of carbonyl (C=O) groups is 1. The number of amides is 1. The van der Waals surface area contributed by atoms with Crippen LogP contribution >= 0.6 is 11.8 Å². The van der Waals surface area contributed by atoms with Crippen LogP contribution in [-0.4, -0.2) is 67.5 Å². The van der Waals surface area contributed by atoms with Gasteiger partial charge in [-0.2, -0.15) is 11.8 Å². The number of likely N-dealkylation sites (N-methyl/N-ethyl adjacent to an activating group) is 1. The van der Waals surface area contributed by atoms with Gasteiger partial charge in [-0.05, 0) is 81.4 Å². The Morgan fingerprint density at radius 3 is 2.68 bits per heavy atom. The van der Waals surface area contributed by atoms with E-state index in [0.717, 1.165) is 56.2 Å². The summed E-state index contributed by atoms with van der Waals surface area (Å²) >= 11 is 1.96. The van der Waals surface area contributed by atoms with Crippen molar-refractivity contribution in [3.63, 3.8) is 0 Å². The number of fused-ring (bicyclic) bond motifs is 1. The summed E-state index contributed by atoms with van der Waals surface area (Å²) in [7, 11) is 4.14. The second-order valence-corrected chi connectivity index (χ2v) is 9.88. The topological polar surface area (TPSA) is 32.8 Å². The molecule has 0 radical (unpaired) electrons. The van der Waals surface area contributed by atoms with Crippen molar-refractivity contribution in [3.8, 4) is 5.75 Å². The van der Waals surface area contributed by atoms with Crippen molar-refractivity contribution in [2.45, 2.75) is 40.0 Å². The van der Waals surface area contributed by atoms with E-state index in [1.54, 1.807) is 0 Å². The van der Waals surface area contributed by atoms with E-state index in [1.807, 2.05) is 11.8 Å². The van der Waals surface area contributed by atoms with Crippen molar-refractivity contribution in [2.24, 2.45) is 11.8 Å². The molecule has 1 saturated heterocycles. The second-order valence-electron chi connectivity index (χ2n) is 8.65. The van der Waals surface area contributed by atoms with E-state index in [9.17, 15) is 4.79 Å². The Balaban J connectivity index is 1.73. The molecule has 4 nitrogen and oxygen atoms in total. The number of benzene rings is 1. The molecule has 1 aromatic carbocycles. The first kappa shape index (κ1) is 21.5. The Kier molecular flexibility index (Phi) is 7.32. The Morgan fingerprint density at radius 2 is 2.00 bits per heavy atom. The summed E-state index contributed by atoms with van der Waals surface area (Å²) in [6, 6.07) is 2.21. The maximum Gasteiger partial charge on any atom is 0.225 e. The number of thioether (sulfide) groups is 1. The summed E-state index contributed by atoms with van der Waals surface area (Å²) in [5.41, 5.74) is 5.54. The lowest BCUT2D eigenvalue weighted by atomic mass is 9.74. The maximum atomic E-state index is 13.0. The van der Waals surface area contributed by atoms with Crippen LogP contribution in [0.15, 0.2) is 6.07 Å². The molecule has 2 aliphatic rings. The first-order valence-electron chi connectivity index (χ1n) is 10.6.